The Bertz CT molecular complexity index is 1770. The van der Waals surface area contributed by atoms with Gasteiger partial charge in [-0.2, -0.15) is 9.97 Å². The number of benzene rings is 2. The molecule has 0 bridgehead atoms. The van der Waals surface area contributed by atoms with Crippen LogP contribution in [0.1, 0.15) is 43.6 Å². The van der Waals surface area contributed by atoms with Crippen molar-refractivity contribution in [3.8, 4) is 17.1 Å². The van der Waals surface area contributed by atoms with E-state index in [1.54, 1.807) is 11.0 Å². The molecule has 2 aromatic carbocycles. The molecule has 0 spiro atoms. The first-order valence-corrected chi connectivity index (χ1v) is 16.0. The van der Waals surface area contributed by atoms with Crippen molar-refractivity contribution in [2.24, 2.45) is 0 Å². The van der Waals surface area contributed by atoms with Crippen LogP contribution < -0.4 is 15.4 Å². The molecule has 0 unspecified atom stereocenters. The zero-order valence-corrected chi connectivity index (χ0v) is 25.5. The van der Waals surface area contributed by atoms with Gasteiger partial charge in [-0.3, -0.25) is 4.79 Å². The van der Waals surface area contributed by atoms with Gasteiger partial charge in [-0.15, -0.1) is 0 Å². The number of hydrogen-bond donors (Lipinski definition) is 1. The van der Waals surface area contributed by atoms with E-state index in [2.05, 4.69) is 33.4 Å². The molecular formula is C32H35F2N7O2S. The highest BCUT2D eigenvalue weighted by Gasteiger charge is 2.32. The fraction of sp³-hybridized carbons (Fsp3) is 0.438. The van der Waals surface area contributed by atoms with E-state index >= 15 is 4.39 Å². The van der Waals surface area contributed by atoms with Gasteiger partial charge in [0.05, 0.1) is 10.2 Å². The summed E-state index contributed by atoms with van der Waals surface area (Å²) in [6, 6.07) is 5.30. The molecule has 1 amide bonds. The number of nitrogens with two attached hydrogens (primary N) is 1. The lowest BCUT2D eigenvalue weighted by atomic mass is 9.76. The van der Waals surface area contributed by atoms with E-state index in [1.807, 2.05) is 6.07 Å². The fourth-order valence-corrected chi connectivity index (χ4v) is 7.42. The van der Waals surface area contributed by atoms with Crippen molar-refractivity contribution in [1.82, 2.24) is 24.8 Å². The number of rotatable bonds is 7. The number of thiazole rings is 1. The maximum Gasteiger partial charge on any atom is 0.319 e. The first kappa shape index (κ1) is 28.8. The lowest BCUT2D eigenvalue weighted by Gasteiger charge is -2.36. The van der Waals surface area contributed by atoms with Gasteiger partial charge in [-0.25, -0.2) is 13.8 Å². The number of carbonyl (C=O) groups is 1. The Morgan fingerprint density at radius 1 is 1.09 bits per heavy atom. The number of halogens is 2. The number of amides is 1. The van der Waals surface area contributed by atoms with Gasteiger partial charge in [0.2, 0.25) is 5.91 Å². The monoisotopic (exact) mass is 619 g/mol. The second-order valence-electron chi connectivity index (χ2n) is 11.9. The average Bonchev–Trinajstić information content (AvgIpc) is 3.60. The lowest BCUT2D eigenvalue weighted by Crippen LogP contribution is -2.48. The highest BCUT2D eigenvalue weighted by atomic mass is 32.1. The van der Waals surface area contributed by atoms with Crippen LogP contribution in [0.3, 0.4) is 0 Å². The number of likely N-dealkylation sites (N-methyl/N-ethyl adjacent to an activating group) is 1. The van der Waals surface area contributed by atoms with Crippen LogP contribution in [0.4, 0.5) is 19.7 Å². The third kappa shape index (κ3) is 5.03. The summed E-state index contributed by atoms with van der Waals surface area (Å²) in [6.45, 7) is 7.05. The van der Waals surface area contributed by atoms with Crippen molar-refractivity contribution in [2.75, 3.05) is 57.0 Å². The molecule has 9 nitrogen and oxygen atoms in total. The second-order valence-corrected chi connectivity index (χ2v) is 13.0. The number of fused-ring (bicyclic) bond motifs is 2. The fourth-order valence-electron chi connectivity index (χ4n) is 6.65. The molecule has 2 N–H and O–H groups in total. The highest BCUT2D eigenvalue weighted by Crippen LogP contribution is 2.47. The van der Waals surface area contributed by atoms with Crippen LogP contribution in [-0.2, 0) is 4.79 Å². The molecule has 12 heteroatoms. The number of carbonyl (C=O) groups excluding carboxylic acids is 1. The second kappa shape index (κ2) is 11.6. The summed E-state index contributed by atoms with van der Waals surface area (Å²) in [6.07, 6.45) is 6.34. The van der Waals surface area contributed by atoms with E-state index in [0.29, 0.717) is 65.3 Å². The van der Waals surface area contributed by atoms with Crippen molar-refractivity contribution in [3.63, 3.8) is 0 Å². The SMILES string of the molecule is C=CC(=O)N1CCN(c2nc(OC[C@@H]3CCCN3C)nc3c(F)c(-c4ccc(F)c5sc(N)nc45)c(C4CCC4)cc23)CC1. The van der Waals surface area contributed by atoms with Crippen molar-refractivity contribution >= 4 is 49.3 Å². The number of ether oxygens (including phenoxy) is 1. The molecule has 44 heavy (non-hydrogen) atoms. The van der Waals surface area contributed by atoms with E-state index in [9.17, 15) is 9.18 Å². The predicted octanol–water partition coefficient (Wildman–Crippen LogP) is 5.34. The smallest absolute Gasteiger partial charge is 0.319 e. The summed E-state index contributed by atoms with van der Waals surface area (Å²) in [4.78, 5) is 32.3. The minimum atomic E-state index is -0.504. The van der Waals surface area contributed by atoms with Crippen molar-refractivity contribution in [2.45, 2.75) is 44.1 Å². The van der Waals surface area contributed by atoms with Gasteiger partial charge < -0.3 is 25.2 Å². The van der Waals surface area contributed by atoms with Crippen LogP contribution in [-0.4, -0.2) is 83.1 Å². The summed E-state index contributed by atoms with van der Waals surface area (Å²) in [5, 5.41) is 0.821. The van der Waals surface area contributed by atoms with Crippen LogP contribution in [0.25, 0.3) is 32.2 Å². The van der Waals surface area contributed by atoms with E-state index in [-0.39, 0.29) is 34.5 Å². The Kier molecular flexibility index (Phi) is 7.57. The zero-order valence-electron chi connectivity index (χ0n) is 24.7. The molecule has 1 aliphatic carbocycles. The van der Waals surface area contributed by atoms with Crippen LogP contribution >= 0.6 is 11.3 Å². The summed E-state index contributed by atoms with van der Waals surface area (Å²) >= 11 is 1.06. The topological polar surface area (TPSA) is 101 Å². The maximum atomic E-state index is 17.1. The van der Waals surface area contributed by atoms with Crippen LogP contribution in [0.15, 0.2) is 30.9 Å². The molecule has 230 valence electrons. The Morgan fingerprint density at radius 2 is 1.89 bits per heavy atom. The quantitative estimate of drug-likeness (QED) is 0.277. The van der Waals surface area contributed by atoms with Crippen molar-refractivity contribution < 1.29 is 18.3 Å². The third-order valence-electron chi connectivity index (χ3n) is 9.39. The van der Waals surface area contributed by atoms with E-state index in [1.165, 1.54) is 12.1 Å². The van der Waals surface area contributed by atoms with E-state index in [4.69, 9.17) is 15.5 Å². The Hall–Kier alpha value is -3.90. The number of anilines is 2. The van der Waals surface area contributed by atoms with Crippen molar-refractivity contribution in [1.29, 1.82) is 0 Å². The van der Waals surface area contributed by atoms with Gasteiger partial charge in [0.15, 0.2) is 10.9 Å². The van der Waals surface area contributed by atoms with Crippen LogP contribution in [0, 0.1) is 11.6 Å². The average molecular weight is 620 g/mol. The molecule has 1 atom stereocenters. The van der Waals surface area contributed by atoms with E-state index < -0.39 is 11.6 Å². The highest BCUT2D eigenvalue weighted by molar-refractivity contribution is 7.22. The van der Waals surface area contributed by atoms with E-state index in [0.717, 1.165) is 55.5 Å². The first-order valence-electron chi connectivity index (χ1n) is 15.2. The summed E-state index contributed by atoms with van der Waals surface area (Å²) in [5.41, 5.74) is 8.22. The van der Waals surface area contributed by atoms with Gasteiger partial charge in [-0.1, -0.05) is 24.3 Å². The summed E-state index contributed by atoms with van der Waals surface area (Å²) in [5.74, 6) is -0.322. The lowest BCUT2D eigenvalue weighted by molar-refractivity contribution is -0.126. The molecule has 0 radical (unpaired) electrons. The van der Waals surface area contributed by atoms with Gasteiger partial charge in [0.25, 0.3) is 0 Å². The standard InChI is InChI=1S/C32H35F2N7O2S/c1-3-24(42)40-12-14-41(15-13-40)30-22-16-21(18-6-4-7-18)25(20-9-10-23(33)29-28(20)36-31(35)44-29)26(34)27(22)37-32(38-30)43-17-19-8-5-11-39(19)2/h3,9-10,16,18-19H,1,4-8,11-15,17H2,2H3,(H2,35,36)/t19-/m0/s1. The molecule has 4 heterocycles. The predicted molar refractivity (Wildman–Crippen MR) is 169 cm³/mol. The first-order chi connectivity index (χ1) is 21.3. The molecular weight excluding hydrogens is 584 g/mol. The van der Waals surface area contributed by atoms with Gasteiger partial charge in [0.1, 0.15) is 23.8 Å². The Labute approximate surface area is 258 Å². The minimum Gasteiger partial charge on any atom is -0.462 e. The molecule has 4 aromatic rings. The molecule has 2 aliphatic heterocycles. The molecule has 3 aliphatic rings. The van der Waals surface area contributed by atoms with Gasteiger partial charge in [-0.05, 0) is 75.0 Å². The molecule has 3 fully saturated rings. The number of nitrogens with zero attached hydrogens (tertiary/aromatic N) is 6. The summed E-state index contributed by atoms with van der Waals surface area (Å²) < 4.78 is 38.4. The van der Waals surface area contributed by atoms with Crippen LogP contribution in [0.2, 0.25) is 0 Å². The number of hydrogen-bond acceptors (Lipinski definition) is 9. The zero-order chi connectivity index (χ0) is 30.5. The Balaban J connectivity index is 1.39. The van der Waals surface area contributed by atoms with Crippen LogP contribution in [0.5, 0.6) is 6.01 Å². The van der Waals surface area contributed by atoms with Gasteiger partial charge in [0, 0.05) is 48.7 Å². The summed E-state index contributed by atoms with van der Waals surface area (Å²) in [7, 11) is 2.07. The number of likely N-dealkylation sites (tertiary alicyclic amines) is 1. The van der Waals surface area contributed by atoms with Crippen molar-refractivity contribution in [3.05, 3.63) is 48.1 Å². The molecule has 7 rings (SSSR count). The molecule has 1 saturated carbocycles. The normalized spacial score (nSPS) is 19.6. The third-order valence-corrected chi connectivity index (χ3v) is 10.3. The number of nitrogen functional groups attached to an aromatic ring is 1. The molecule has 2 aromatic heterocycles. The minimum absolute atomic E-state index is 0.112. The number of aromatic nitrogens is 3. The largest absolute Gasteiger partial charge is 0.462 e. The Morgan fingerprint density at radius 3 is 2.57 bits per heavy atom. The number of piperazine rings is 1. The van der Waals surface area contributed by atoms with Gasteiger partial charge >= 0.3 is 6.01 Å². The molecule has 2 saturated heterocycles. The maximum absolute atomic E-state index is 17.1.